The summed E-state index contributed by atoms with van der Waals surface area (Å²) in [7, 11) is 0. The van der Waals surface area contributed by atoms with Gasteiger partial charge in [0.15, 0.2) is 5.75 Å². The van der Waals surface area contributed by atoms with Gasteiger partial charge < -0.3 is 18.9 Å². The van der Waals surface area contributed by atoms with Crippen molar-refractivity contribution in [3.63, 3.8) is 0 Å². The topological polar surface area (TPSA) is 71.1 Å². The zero-order chi connectivity index (χ0) is 27.5. The van der Waals surface area contributed by atoms with Gasteiger partial charge in [-0.2, -0.15) is 0 Å². The summed E-state index contributed by atoms with van der Waals surface area (Å²) in [6.45, 7) is 11.2. The van der Waals surface area contributed by atoms with E-state index in [2.05, 4.69) is 34.6 Å². The fourth-order valence-electron chi connectivity index (χ4n) is 4.58. The van der Waals surface area contributed by atoms with Crippen molar-refractivity contribution in [2.45, 2.75) is 91.4 Å². The van der Waals surface area contributed by atoms with E-state index in [0.717, 1.165) is 56.9 Å². The standard InChI is InChI=1S/C32H42O6/c1-6-8-10-14-21-35-30(33)37-28-23-17-12-13-18-24(23)29(38-31(34)36-22-15-11-9-7-2)27-25(28)19-16-20-26(27)32(3,4)5/h12-13,16-20H,6-11,14-15,21-22H2,1-5H3. The monoisotopic (exact) mass is 522 g/mol. The first-order valence-corrected chi connectivity index (χ1v) is 13.9. The summed E-state index contributed by atoms with van der Waals surface area (Å²) in [6, 6.07) is 13.3. The van der Waals surface area contributed by atoms with Crippen LogP contribution in [-0.4, -0.2) is 25.5 Å². The Morgan fingerprint density at radius 2 is 1.13 bits per heavy atom. The Hall–Kier alpha value is -3.28. The third-order valence-electron chi connectivity index (χ3n) is 6.57. The second-order valence-electron chi connectivity index (χ2n) is 10.7. The lowest BCUT2D eigenvalue weighted by Gasteiger charge is -2.24. The summed E-state index contributed by atoms with van der Waals surface area (Å²) in [6.07, 6.45) is 6.55. The molecule has 0 saturated carbocycles. The quantitative estimate of drug-likeness (QED) is 0.102. The number of benzene rings is 3. The van der Waals surface area contributed by atoms with Crippen molar-refractivity contribution in [1.29, 1.82) is 0 Å². The maximum atomic E-state index is 12.8. The molecule has 0 fully saturated rings. The summed E-state index contributed by atoms with van der Waals surface area (Å²) in [4.78, 5) is 25.5. The van der Waals surface area contributed by atoms with E-state index >= 15 is 0 Å². The molecule has 206 valence electrons. The van der Waals surface area contributed by atoms with E-state index in [4.69, 9.17) is 18.9 Å². The minimum Gasteiger partial charge on any atom is -0.434 e. The second kappa shape index (κ2) is 14.0. The van der Waals surface area contributed by atoms with E-state index in [0.29, 0.717) is 46.3 Å². The van der Waals surface area contributed by atoms with E-state index in [1.54, 1.807) is 0 Å². The number of hydrogen-bond donors (Lipinski definition) is 0. The molecule has 3 aromatic carbocycles. The molecule has 0 aromatic heterocycles. The van der Waals surface area contributed by atoms with Crippen molar-refractivity contribution in [2.24, 2.45) is 0 Å². The van der Waals surface area contributed by atoms with Crippen LogP contribution in [0.5, 0.6) is 11.5 Å². The number of carbonyl (C=O) groups excluding carboxylic acids is 2. The third-order valence-corrected chi connectivity index (χ3v) is 6.57. The van der Waals surface area contributed by atoms with Gasteiger partial charge in [0, 0.05) is 21.5 Å². The average Bonchev–Trinajstić information content (AvgIpc) is 2.89. The van der Waals surface area contributed by atoms with Crippen LogP contribution in [0.25, 0.3) is 21.5 Å². The van der Waals surface area contributed by atoms with E-state index in [-0.39, 0.29) is 5.41 Å². The Morgan fingerprint density at radius 3 is 1.66 bits per heavy atom. The fraction of sp³-hybridized carbons (Fsp3) is 0.500. The van der Waals surface area contributed by atoms with Crippen molar-refractivity contribution in [2.75, 3.05) is 13.2 Å². The van der Waals surface area contributed by atoms with Gasteiger partial charge in [0.05, 0.1) is 13.2 Å². The van der Waals surface area contributed by atoms with Gasteiger partial charge in [-0.1, -0.05) is 116 Å². The predicted molar refractivity (Wildman–Crippen MR) is 152 cm³/mol. The van der Waals surface area contributed by atoms with Crippen LogP contribution < -0.4 is 9.47 Å². The van der Waals surface area contributed by atoms with Gasteiger partial charge in [0.1, 0.15) is 5.75 Å². The zero-order valence-corrected chi connectivity index (χ0v) is 23.6. The van der Waals surface area contributed by atoms with Crippen LogP contribution in [0.1, 0.15) is 91.5 Å². The molecule has 0 aliphatic rings. The van der Waals surface area contributed by atoms with E-state index in [1.165, 1.54) is 0 Å². The van der Waals surface area contributed by atoms with Crippen LogP contribution in [0, 0.1) is 0 Å². The molecule has 0 saturated heterocycles. The Bertz CT molecular complexity index is 1220. The van der Waals surface area contributed by atoms with E-state index < -0.39 is 12.3 Å². The molecule has 0 heterocycles. The molecule has 0 atom stereocenters. The van der Waals surface area contributed by atoms with Crippen LogP contribution in [0.2, 0.25) is 0 Å². The highest BCUT2D eigenvalue weighted by molar-refractivity contribution is 6.13. The highest BCUT2D eigenvalue weighted by atomic mass is 16.7. The maximum absolute atomic E-state index is 12.8. The number of ether oxygens (including phenoxy) is 4. The molecule has 38 heavy (non-hydrogen) atoms. The summed E-state index contributed by atoms with van der Waals surface area (Å²) >= 11 is 0. The minimum absolute atomic E-state index is 0.277. The fourth-order valence-corrected chi connectivity index (χ4v) is 4.58. The molecule has 6 nitrogen and oxygen atoms in total. The molecule has 0 unspecified atom stereocenters. The van der Waals surface area contributed by atoms with Crippen molar-refractivity contribution < 1.29 is 28.5 Å². The summed E-state index contributed by atoms with van der Waals surface area (Å²) in [5.74, 6) is 0.792. The van der Waals surface area contributed by atoms with Crippen molar-refractivity contribution in [3.8, 4) is 11.5 Å². The van der Waals surface area contributed by atoms with Gasteiger partial charge in [-0.3, -0.25) is 0 Å². The lowest BCUT2D eigenvalue weighted by atomic mass is 9.82. The first-order valence-electron chi connectivity index (χ1n) is 13.9. The van der Waals surface area contributed by atoms with Crippen LogP contribution in [-0.2, 0) is 14.9 Å². The lowest BCUT2D eigenvalue weighted by Crippen LogP contribution is -2.16. The molecule has 0 amide bonds. The summed E-state index contributed by atoms with van der Waals surface area (Å²) in [5.41, 5.74) is 0.686. The van der Waals surface area contributed by atoms with Crippen LogP contribution in [0.15, 0.2) is 42.5 Å². The molecular weight excluding hydrogens is 480 g/mol. The zero-order valence-electron chi connectivity index (χ0n) is 23.6. The van der Waals surface area contributed by atoms with Gasteiger partial charge in [0.2, 0.25) is 0 Å². The predicted octanol–water partition coefficient (Wildman–Crippen LogP) is 9.48. The molecular formula is C32H42O6. The number of carbonyl (C=O) groups is 2. The second-order valence-corrected chi connectivity index (χ2v) is 10.7. The average molecular weight is 523 g/mol. The van der Waals surface area contributed by atoms with Gasteiger partial charge in [-0.05, 0) is 23.8 Å². The Morgan fingerprint density at radius 1 is 0.632 bits per heavy atom. The SMILES string of the molecule is CCCCCCOC(=O)Oc1c2ccccc2c(OC(=O)OCCCCCC)c2c(C(C)(C)C)cccc12. The Labute approximate surface area is 226 Å². The summed E-state index contributed by atoms with van der Waals surface area (Å²) < 4.78 is 22.6. The molecule has 3 rings (SSSR count). The number of unbranched alkanes of at least 4 members (excludes halogenated alkanes) is 6. The van der Waals surface area contributed by atoms with E-state index in [1.807, 2.05) is 42.5 Å². The molecule has 0 aliphatic heterocycles. The van der Waals surface area contributed by atoms with E-state index in [9.17, 15) is 9.59 Å². The van der Waals surface area contributed by atoms with Crippen LogP contribution in [0.4, 0.5) is 9.59 Å². The van der Waals surface area contributed by atoms with Crippen molar-refractivity contribution in [3.05, 3.63) is 48.0 Å². The largest absolute Gasteiger partial charge is 0.513 e. The number of rotatable bonds is 12. The maximum Gasteiger partial charge on any atom is 0.513 e. The molecule has 6 heteroatoms. The number of hydrogen-bond acceptors (Lipinski definition) is 6. The molecule has 0 bridgehead atoms. The first kappa shape index (κ1) is 29.3. The highest BCUT2D eigenvalue weighted by Gasteiger charge is 2.26. The Balaban J connectivity index is 2.03. The molecule has 0 aliphatic carbocycles. The Kier molecular flexibility index (Phi) is 10.8. The smallest absolute Gasteiger partial charge is 0.434 e. The molecule has 0 N–H and O–H groups in total. The van der Waals surface area contributed by atoms with Gasteiger partial charge >= 0.3 is 12.3 Å². The van der Waals surface area contributed by atoms with Crippen molar-refractivity contribution in [1.82, 2.24) is 0 Å². The van der Waals surface area contributed by atoms with Crippen LogP contribution >= 0.6 is 0 Å². The van der Waals surface area contributed by atoms with Gasteiger partial charge in [0.25, 0.3) is 0 Å². The normalized spacial score (nSPS) is 11.5. The molecule has 3 aromatic rings. The summed E-state index contributed by atoms with van der Waals surface area (Å²) in [5, 5.41) is 2.70. The van der Waals surface area contributed by atoms with Gasteiger partial charge in [-0.25, -0.2) is 9.59 Å². The first-order chi connectivity index (χ1) is 18.3. The molecule has 0 radical (unpaired) electrons. The third kappa shape index (κ3) is 7.62. The lowest BCUT2D eigenvalue weighted by molar-refractivity contribution is 0.0965. The van der Waals surface area contributed by atoms with Crippen molar-refractivity contribution >= 4 is 33.9 Å². The highest BCUT2D eigenvalue weighted by Crippen LogP contribution is 2.46. The number of fused-ring (bicyclic) bond motifs is 2. The minimum atomic E-state index is -0.741. The van der Waals surface area contributed by atoms with Crippen LogP contribution in [0.3, 0.4) is 0 Å². The van der Waals surface area contributed by atoms with Gasteiger partial charge in [-0.15, -0.1) is 0 Å². The molecule has 0 spiro atoms.